The average Bonchev–Trinajstić information content (AvgIpc) is 3.63. The first-order valence-corrected chi connectivity index (χ1v) is 19.0. The Morgan fingerprint density at radius 2 is 1.08 bits per heavy atom. The third-order valence-corrected chi connectivity index (χ3v) is 8.85. The summed E-state index contributed by atoms with van der Waals surface area (Å²) in [4.78, 5) is 125. The number of hydrogen-bond donors (Lipinski definition) is 13. The van der Waals surface area contributed by atoms with Crippen LogP contribution in [0.4, 0.5) is 0 Å². The van der Waals surface area contributed by atoms with Crippen molar-refractivity contribution in [3.63, 3.8) is 0 Å². The lowest BCUT2D eigenvalue weighted by atomic mass is 10.0. The Balaban J connectivity index is 3.24. The molecule has 20 N–H and O–H groups in total. The number of aliphatic imine (C=N–C) groups is 2. The maximum absolute atomic E-state index is 13.6. The van der Waals surface area contributed by atoms with Crippen molar-refractivity contribution in [2.24, 2.45) is 56.0 Å². The van der Waals surface area contributed by atoms with Crippen LogP contribution in [0.5, 0.6) is 0 Å². The molecule has 0 aromatic carbocycles. The number of nitrogens with one attached hydrogen (secondary N) is 5. The number of carboxylic acid groups (broad SMARTS) is 1. The third kappa shape index (κ3) is 19.2. The molecule has 7 atom stereocenters. The molecule has 0 bridgehead atoms. The van der Waals surface area contributed by atoms with Crippen molar-refractivity contribution in [2.75, 3.05) is 19.6 Å². The standard InChI is InChI=1S/C34H61N15O10/c1-16(2)13-20(28(54)44-17(3)31(57)49-12-6-9-23(49)32(58)59)46-29(55)22(15-25(37)51)48-30(56)21(14-24(36)50)47-27(53)19(8-5-11-43-34(40)41)45-26(52)18(35)7-4-10-42-33(38)39/h16-23H,4-15,35H2,1-3H3,(H2,36,50)(H2,37,51)(H,44,54)(H,45,52)(H,46,55)(H,47,53)(H,48,56)(H,58,59)(H4,38,39,42)(H4,40,41,43)/t17-,18-,19-,20-,21-,22-,23-/m0/s1. The fourth-order valence-electron chi connectivity index (χ4n) is 5.95. The largest absolute Gasteiger partial charge is 0.480 e. The van der Waals surface area contributed by atoms with E-state index in [0.717, 1.165) is 4.90 Å². The van der Waals surface area contributed by atoms with Gasteiger partial charge >= 0.3 is 5.97 Å². The first-order chi connectivity index (χ1) is 27.5. The summed E-state index contributed by atoms with van der Waals surface area (Å²) in [7, 11) is 0. The fraction of sp³-hybridized carbons (Fsp3) is 0.676. The van der Waals surface area contributed by atoms with Crippen molar-refractivity contribution >= 4 is 65.1 Å². The Bertz CT molecular complexity index is 1580. The first-order valence-electron chi connectivity index (χ1n) is 19.0. The summed E-state index contributed by atoms with van der Waals surface area (Å²) in [5.41, 5.74) is 38.1. The minimum atomic E-state index is -1.75. The first kappa shape index (κ1) is 50.7. The number of rotatable bonds is 26. The van der Waals surface area contributed by atoms with E-state index in [1.165, 1.54) is 6.92 Å². The lowest BCUT2D eigenvalue weighted by Crippen LogP contribution is -2.60. The second-order valence-corrected chi connectivity index (χ2v) is 14.5. The normalized spacial score (nSPS) is 16.5. The van der Waals surface area contributed by atoms with Gasteiger partial charge in [-0.3, -0.25) is 48.3 Å². The summed E-state index contributed by atoms with van der Waals surface area (Å²) in [5.74, 6) is -9.27. The number of carboxylic acids is 1. The molecular formula is C34H61N15O10. The molecule has 0 saturated carbocycles. The molecule has 25 heteroatoms. The van der Waals surface area contributed by atoms with Crippen molar-refractivity contribution in [3.05, 3.63) is 0 Å². The van der Waals surface area contributed by atoms with Crippen LogP contribution in [-0.2, 0) is 43.2 Å². The zero-order valence-electron chi connectivity index (χ0n) is 33.6. The molecule has 8 amide bonds. The molecule has 1 aliphatic heterocycles. The third-order valence-electron chi connectivity index (χ3n) is 8.85. The Labute approximate surface area is 341 Å². The van der Waals surface area contributed by atoms with Gasteiger partial charge in [-0.15, -0.1) is 0 Å². The Kier molecular flexibility index (Phi) is 21.6. The molecule has 0 spiro atoms. The fourth-order valence-corrected chi connectivity index (χ4v) is 5.95. The smallest absolute Gasteiger partial charge is 0.326 e. The van der Waals surface area contributed by atoms with E-state index < -0.39 is 108 Å². The molecule has 1 saturated heterocycles. The molecule has 0 aromatic heterocycles. The second kappa shape index (κ2) is 25.2. The average molecular weight is 840 g/mol. The molecule has 0 radical (unpaired) electrons. The number of carbonyl (C=O) groups excluding carboxylic acids is 8. The van der Waals surface area contributed by atoms with E-state index in [4.69, 9.17) is 40.1 Å². The van der Waals surface area contributed by atoms with E-state index >= 15 is 0 Å². The van der Waals surface area contributed by atoms with Gasteiger partial charge in [-0.2, -0.15) is 0 Å². The zero-order valence-corrected chi connectivity index (χ0v) is 33.6. The summed E-state index contributed by atoms with van der Waals surface area (Å²) < 4.78 is 0. The highest BCUT2D eigenvalue weighted by Gasteiger charge is 2.38. The predicted octanol–water partition coefficient (Wildman–Crippen LogP) is -6.26. The molecule has 1 rings (SSSR count). The molecular weight excluding hydrogens is 778 g/mol. The summed E-state index contributed by atoms with van der Waals surface area (Å²) in [6, 6.07) is -9.50. The van der Waals surface area contributed by atoms with Crippen molar-refractivity contribution < 1.29 is 48.3 Å². The van der Waals surface area contributed by atoms with Gasteiger partial charge in [0.1, 0.15) is 36.3 Å². The zero-order chi connectivity index (χ0) is 45.0. The highest BCUT2D eigenvalue weighted by molar-refractivity contribution is 5.99. The Morgan fingerprint density at radius 3 is 1.54 bits per heavy atom. The highest BCUT2D eigenvalue weighted by atomic mass is 16.4. The van der Waals surface area contributed by atoms with Gasteiger partial charge in [-0.05, 0) is 57.8 Å². The SMILES string of the molecule is CC(C)C[C@H](NC(=O)[C@H](CC(N)=O)NC(=O)[C@H](CC(N)=O)NC(=O)[C@H](CCCN=C(N)N)NC(=O)[C@@H](N)CCCN=C(N)N)C(=O)N[C@@H](C)C(=O)N1CCC[C@H]1C(=O)O. The number of likely N-dealkylation sites (tertiary alicyclic amines) is 1. The van der Waals surface area contributed by atoms with Gasteiger partial charge in [-0.1, -0.05) is 13.8 Å². The van der Waals surface area contributed by atoms with Crippen LogP contribution in [0.15, 0.2) is 9.98 Å². The van der Waals surface area contributed by atoms with Gasteiger partial charge in [0.05, 0.1) is 18.9 Å². The van der Waals surface area contributed by atoms with E-state index in [0.29, 0.717) is 12.8 Å². The van der Waals surface area contributed by atoms with Crippen LogP contribution < -0.4 is 66.7 Å². The van der Waals surface area contributed by atoms with Gasteiger partial charge in [0.25, 0.3) is 0 Å². The van der Waals surface area contributed by atoms with Crippen LogP contribution >= 0.6 is 0 Å². The van der Waals surface area contributed by atoms with E-state index in [1.807, 2.05) is 0 Å². The minimum Gasteiger partial charge on any atom is -0.480 e. The predicted molar refractivity (Wildman–Crippen MR) is 213 cm³/mol. The number of hydrogen-bond acceptors (Lipinski definition) is 12. The Hall–Kier alpha value is -6.27. The van der Waals surface area contributed by atoms with E-state index in [9.17, 15) is 48.3 Å². The van der Waals surface area contributed by atoms with Crippen LogP contribution in [0.3, 0.4) is 0 Å². The lowest BCUT2D eigenvalue weighted by Gasteiger charge is -2.28. The number of amides is 8. The topological polar surface area (TPSA) is 444 Å². The second-order valence-electron chi connectivity index (χ2n) is 14.5. The molecule has 1 aliphatic rings. The minimum absolute atomic E-state index is 0.0216. The van der Waals surface area contributed by atoms with E-state index in [2.05, 4.69) is 36.6 Å². The van der Waals surface area contributed by atoms with Gasteiger partial charge in [-0.25, -0.2) is 4.79 Å². The molecule has 0 unspecified atom stereocenters. The lowest BCUT2D eigenvalue weighted by molar-refractivity contribution is -0.149. The number of carbonyl (C=O) groups is 9. The number of nitrogens with two attached hydrogens (primary N) is 7. The number of primary amides is 2. The summed E-state index contributed by atoms with van der Waals surface area (Å²) in [6.45, 7) is 5.26. The monoisotopic (exact) mass is 839 g/mol. The molecule has 0 aliphatic carbocycles. The molecule has 1 fully saturated rings. The van der Waals surface area contributed by atoms with Crippen LogP contribution in [0, 0.1) is 5.92 Å². The van der Waals surface area contributed by atoms with Crippen LogP contribution in [0.1, 0.15) is 78.6 Å². The number of guanidine groups is 2. The molecule has 59 heavy (non-hydrogen) atoms. The summed E-state index contributed by atoms with van der Waals surface area (Å²) >= 11 is 0. The van der Waals surface area contributed by atoms with Gasteiger partial charge in [0.2, 0.25) is 47.3 Å². The van der Waals surface area contributed by atoms with E-state index in [-0.39, 0.29) is 69.6 Å². The van der Waals surface area contributed by atoms with Gasteiger partial charge in [0, 0.05) is 19.6 Å². The summed E-state index contributed by atoms with van der Waals surface area (Å²) in [6.07, 6.45) is -0.330. The molecule has 1 heterocycles. The maximum atomic E-state index is 13.6. The highest BCUT2D eigenvalue weighted by Crippen LogP contribution is 2.19. The van der Waals surface area contributed by atoms with Crippen LogP contribution in [-0.4, -0.2) is 137 Å². The summed E-state index contributed by atoms with van der Waals surface area (Å²) in [5, 5.41) is 21.5. The maximum Gasteiger partial charge on any atom is 0.326 e. The van der Waals surface area contributed by atoms with Crippen molar-refractivity contribution in [1.29, 1.82) is 0 Å². The van der Waals surface area contributed by atoms with Crippen LogP contribution in [0.25, 0.3) is 0 Å². The van der Waals surface area contributed by atoms with Crippen LogP contribution in [0.2, 0.25) is 0 Å². The molecule has 25 nitrogen and oxygen atoms in total. The molecule has 332 valence electrons. The number of aliphatic carboxylic acids is 1. The molecule has 0 aromatic rings. The van der Waals surface area contributed by atoms with Crippen molar-refractivity contribution in [2.45, 2.75) is 121 Å². The van der Waals surface area contributed by atoms with E-state index in [1.54, 1.807) is 13.8 Å². The van der Waals surface area contributed by atoms with Crippen molar-refractivity contribution in [1.82, 2.24) is 31.5 Å². The number of nitrogens with zero attached hydrogens (tertiary/aromatic N) is 3. The quantitative estimate of drug-likeness (QED) is 0.0219. The Morgan fingerprint density at radius 1 is 0.644 bits per heavy atom. The van der Waals surface area contributed by atoms with Gasteiger partial charge < -0.3 is 76.7 Å². The van der Waals surface area contributed by atoms with Crippen molar-refractivity contribution in [3.8, 4) is 0 Å². The van der Waals surface area contributed by atoms with Gasteiger partial charge in [0.15, 0.2) is 11.9 Å².